The second kappa shape index (κ2) is 6.58. The lowest BCUT2D eigenvalue weighted by Crippen LogP contribution is -2.27. The zero-order valence-electron chi connectivity index (χ0n) is 8.45. The van der Waals surface area contributed by atoms with E-state index in [0.717, 1.165) is 32.3 Å². The number of hydrogen-bond donors (Lipinski definition) is 0. The predicted molar refractivity (Wildman–Crippen MR) is 53.5 cm³/mol. The Balaban J connectivity index is 2.24. The van der Waals surface area contributed by atoms with E-state index in [0.29, 0.717) is 6.42 Å². The molecule has 0 N–H and O–H groups in total. The van der Waals surface area contributed by atoms with E-state index in [-0.39, 0.29) is 12.4 Å². The normalized spacial score (nSPS) is 23.8. The maximum atomic E-state index is 8.82. The van der Waals surface area contributed by atoms with Crippen LogP contribution >= 0.6 is 0 Å². The summed E-state index contributed by atoms with van der Waals surface area (Å²) in [5.41, 5.74) is 0. The molecule has 1 unspecified atom stereocenters. The van der Waals surface area contributed by atoms with Gasteiger partial charge in [0, 0.05) is 6.61 Å². The Labute approximate surface area is 85.3 Å². The van der Waals surface area contributed by atoms with E-state index in [1.165, 1.54) is 0 Å². The maximum absolute atomic E-state index is 8.82. The number of ether oxygens (including phenoxy) is 2. The van der Waals surface area contributed by atoms with Crippen molar-refractivity contribution in [3.8, 4) is 6.07 Å². The van der Waals surface area contributed by atoms with Gasteiger partial charge >= 0.3 is 0 Å². The average molecular weight is 195 g/mol. The Morgan fingerprint density at radius 2 is 2.50 bits per heavy atom. The van der Waals surface area contributed by atoms with Crippen LogP contribution in [0.5, 0.6) is 0 Å². The fourth-order valence-corrected chi connectivity index (χ4v) is 1.43. The van der Waals surface area contributed by atoms with Crippen LogP contribution in [0.4, 0.5) is 0 Å². The highest BCUT2D eigenvalue weighted by molar-refractivity contribution is 4.86. The Morgan fingerprint density at radius 1 is 1.64 bits per heavy atom. The SMILES string of the molecule is C=CCC[C@H](C#N)OC1CCCCO1. The number of nitriles is 1. The second-order valence-electron chi connectivity index (χ2n) is 3.42. The van der Waals surface area contributed by atoms with Gasteiger partial charge in [0.2, 0.25) is 0 Å². The molecule has 1 saturated heterocycles. The zero-order chi connectivity index (χ0) is 10.2. The highest BCUT2D eigenvalue weighted by Crippen LogP contribution is 2.16. The summed E-state index contributed by atoms with van der Waals surface area (Å²) in [6.45, 7) is 4.37. The van der Waals surface area contributed by atoms with E-state index in [1.54, 1.807) is 6.08 Å². The first-order valence-corrected chi connectivity index (χ1v) is 5.14. The van der Waals surface area contributed by atoms with Crippen LogP contribution in [0, 0.1) is 11.3 Å². The van der Waals surface area contributed by atoms with Crippen molar-refractivity contribution in [2.24, 2.45) is 0 Å². The maximum Gasteiger partial charge on any atom is 0.159 e. The van der Waals surface area contributed by atoms with E-state index in [1.807, 2.05) is 0 Å². The molecule has 0 radical (unpaired) electrons. The minimum Gasteiger partial charge on any atom is -0.353 e. The van der Waals surface area contributed by atoms with Gasteiger partial charge in [-0.3, -0.25) is 0 Å². The minimum atomic E-state index is -0.351. The first-order chi connectivity index (χ1) is 6.86. The van der Waals surface area contributed by atoms with Gasteiger partial charge in [-0.2, -0.15) is 5.26 Å². The summed E-state index contributed by atoms with van der Waals surface area (Å²) in [6, 6.07) is 2.13. The lowest BCUT2D eigenvalue weighted by Gasteiger charge is -2.24. The van der Waals surface area contributed by atoms with Crippen LogP contribution in [-0.2, 0) is 9.47 Å². The van der Waals surface area contributed by atoms with Gasteiger partial charge in [0.05, 0.1) is 6.07 Å². The molecule has 0 amide bonds. The van der Waals surface area contributed by atoms with Gasteiger partial charge in [-0.25, -0.2) is 0 Å². The fourth-order valence-electron chi connectivity index (χ4n) is 1.43. The van der Waals surface area contributed by atoms with Gasteiger partial charge in [0.25, 0.3) is 0 Å². The minimum absolute atomic E-state index is 0.168. The first-order valence-electron chi connectivity index (χ1n) is 5.14. The second-order valence-corrected chi connectivity index (χ2v) is 3.42. The Kier molecular flexibility index (Phi) is 5.28. The molecule has 3 heteroatoms. The first kappa shape index (κ1) is 11.2. The van der Waals surface area contributed by atoms with Gasteiger partial charge in [-0.15, -0.1) is 6.58 Å². The summed E-state index contributed by atoms with van der Waals surface area (Å²) in [7, 11) is 0. The molecule has 1 fully saturated rings. The van der Waals surface area contributed by atoms with Gasteiger partial charge in [-0.1, -0.05) is 6.08 Å². The predicted octanol–water partition coefficient (Wildman–Crippen LogP) is 2.39. The highest BCUT2D eigenvalue weighted by atomic mass is 16.7. The summed E-state index contributed by atoms with van der Waals surface area (Å²) in [5, 5.41) is 8.82. The van der Waals surface area contributed by atoms with Crippen molar-refractivity contribution in [2.45, 2.75) is 44.5 Å². The van der Waals surface area contributed by atoms with Gasteiger partial charge in [-0.05, 0) is 32.1 Å². The zero-order valence-corrected chi connectivity index (χ0v) is 8.45. The largest absolute Gasteiger partial charge is 0.353 e. The molecule has 1 aliphatic rings. The van der Waals surface area contributed by atoms with Crippen LogP contribution in [0.2, 0.25) is 0 Å². The molecule has 14 heavy (non-hydrogen) atoms. The summed E-state index contributed by atoms with van der Waals surface area (Å²) >= 11 is 0. The van der Waals surface area contributed by atoms with Crippen LogP contribution in [0.25, 0.3) is 0 Å². The molecule has 1 rings (SSSR count). The average Bonchev–Trinajstić information content (AvgIpc) is 2.25. The number of hydrogen-bond acceptors (Lipinski definition) is 3. The van der Waals surface area contributed by atoms with Crippen LogP contribution < -0.4 is 0 Å². The van der Waals surface area contributed by atoms with Crippen molar-refractivity contribution in [1.29, 1.82) is 5.26 Å². The molecule has 1 heterocycles. The lowest BCUT2D eigenvalue weighted by molar-refractivity contribution is -0.177. The third-order valence-electron chi connectivity index (χ3n) is 2.23. The van der Waals surface area contributed by atoms with Crippen LogP contribution in [-0.4, -0.2) is 19.0 Å². The van der Waals surface area contributed by atoms with Crippen LogP contribution in [0.3, 0.4) is 0 Å². The van der Waals surface area contributed by atoms with Gasteiger partial charge < -0.3 is 9.47 Å². The van der Waals surface area contributed by atoms with E-state index in [9.17, 15) is 0 Å². The molecule has 0 spiro atoms. The van der Waals surface area contributed by atoms with Crippen molar-refractivity contribution in [1.82, 2.24) is 0 Å². The molecule has 0 aromatic carbocycles. The molecule has 1 aliphatic heterocycles. The molecule has 0 aliphatic carbocycles. The quantitative estimate of drug-likeness (QED) is 0.632. The molecular formula is C11H17NO2. The van der Waals surface area contributed by atoms with Crippen molar-refractivity contribution in [3.05, 3.63) is 12.7 Å². The fraction of sp³-hybridized carbons (Fsp3) is 0.727. The van der Waals surface area contributed by atoms with Crippen molar-refractivity contribution in [3.63, 3.8) is 0 Å². The Morgan fingerprint density at radius 3 is 3.07 bits per heavy atom. The lowest BCUT2D eigenvalue weighted by atomic mass is 10.2. The van der Waals surface area contributed by atoms with E-state index in [4.69, 9.17) is 14.7 Å². The topological polar surface area (TPSA) is 42.2 Å². The Bertz CT molecular complexity index is 204. The summed E-state index contributed by atoms with van der Waals surface area (Å²) in [5.74, 6) is 0. The van der Waals surface area contributed by atoms with Crippen molar-refractivity contribution in [2.75, 3.05) is 6.61 Å². The molecule has 0 aromatic heterocycles. The van der Waals surface area contributed by atoms with Crippen LogP contribution in [0.1, 0.15) is 32.1 Å². The summed E-state index contributed by atoms with van der Waals surface area (Å²) in [4.78, 5) is 0. The third kappa shape index (κ3) is 3.91. The summed E-state index contributed by atoms with van der Waals surface area (Å²) < 4.78 is 10.9. The van der Waals surface area contributed by atoms with E-state index < -0.39 is 0 Å². The molecule has 3 nitrogen and oxygen atoms in total. The Hall–Kier alpha value is -0.850. The van der Waals surface area contributed by atoms with E-state index >= 15 is 0 Å². The van der Waals surface area contributed by atoms with Crippen molar-refractivity contribution >= 4 is 0 Å². The van der Waals surface area contributed by atoms with Crippen molar-refractivity contribution < 1.29 is 9.47 Å². The van der Waals surface area contributed by atoms with Crippen LogP contribution in [0.15, 0.2) is 12.7 Å². The summed E-state index contributed by atoms with van der Waals surface area (Å²) in [6.07, 6.45) is 5.94. The third-order valence-corrected chi connectivity index (χ3v) is 2.23. The van der Waals surface area contributed by atoms with E-state index in [2.05, 4.69) is 12.6 Å². The molecule has 78 valence electrons. The highest BCUT2D eigenvalue weighted by Gasteiger charge is 2.18. The molecule has 0 aromatic rings. The number of nitrogens with zero attached hydrogens (tertiary/aromatic N) is 1. The standard InChI is InChI=1S/C11H17NO2/c1-2-3-6-10(9-12)14-11-7-4-5-8-13-11/h2,10-11H,1,3-8H2/t10-,11?/m1/s1. The molecular weight excluding hydrogens is 178 g/mol. The molecule has 0 bridgehead atoms. The monoisotopic (exact) mass is 195 g/mol. The van der Waals surface area contributed by atoms with Gasteiger partial charge in [0.1, 0.15) is 6.10 Å². The molecule has 0 saturated carbocycles. The van der Waals surface area contributed by atoms with Gasteiger partial charge in [0.15, 0.2) is 6.29 Å². The smallest absolute Gasteiger partial charge is 0.159 e. The number of rotatable bonds is 5. The number of allylic oxidation sites excluding steroid dienone is 1. The molecule has 2 atom stereocenters.